The smallest absolute Gasteiger partial charge is 0.323 e. The van der Waals surface area contributed by atoms with Crippen LogP contribution in [0.4, 0.5) is 5.69 Å². The number of hydrogen-bond donors (Lipinski definition) is 3. The average molecular weight is 656 g/mol. The first kappa shape index (κ1) is 30.0. The highest BCUT2D eigenvalue weighted by Gasteiger charge is 2.37. The molecule has 3 aliphatic rings. The van der Waals surface area contributed by atoms with Gasteiger partial charge in [0.1, 0.15) is 17.8 Å². The maximum absolute atomic E-state index is 13.2. The van der Waals surface area contributed by atoms with Gasteiger partial charge in [-0.15, -0.1) is 11.3 Å². The van der Waals surface area contributed by atoms with Gasteiger partial charge in [-0.3, -0.25) is 33.2 Å². The van der Waals surface area contributed by atoms with Crippen molar-refractivity contribution in [3.05, 3.63) is 43.6 Å². The lowest BCUT2D eigenvalue weighted by Crippen LogP contribution is -2.36. The number of allylic oxidation sites excluding steroid dienone is 1. The Kier molecular flexibility index (Phi) is 8.14. The van der Waals surface area contributed by atoms with Gasteiger partial charge in [0, 0.05) is 24.8 Å². The van der Waals surface area contributed by atoms with Crippen LogP contribution in [0.1, 0.15) is 12.8 Å². The highest BCUT2D eigenvalue weighted by Crippen LogP contribution is 2.47. The fraction of sp³-hybridized carbons (Fsp3) is 0.292. The van der Waals surface area contributed by atoms with E-state index >= 15 is 0 Å². The zero-order valence-corrected chi connectivity index (χ0v) is 24.2. The number of aliphatic carboxylic acids is 2. The molecule has 3 N–H and O–H groups in total. The summed E-state index contributed by atoms with van der Waals surface area (Å²) in [5, 5.41) is 18.0. The van der Waals surface area contributed by atoms with E-state index in [0.29, 0.717) is 34.3 Å². The summed E-state index contributed by atoms with van der Waals surface area (Å²) in [7, 11) is -4.15. The van der Waals surface area contributed by atoms with E-state index in [1.807, 2.05) is 0 Å². The molecule has 1 aromatic carbocycles. The highest BCUT2D eigenvalue weighted by molar-refractivity contribution is 7.85. The Bertz CT molecular complexity index is 1880. The first-order valence-corrected chi connectivity index (χ1v) is 15.1. The van der Waals surface area contributed by atoms with E-state index in [4.69, 9.17) is 40.8 Å². The van der Waals surface area contributed by atoms with Crippen molar-refractivity contribution in [2.24, 2.45) is 0 Å². The number of hydrogen-bond acceptors (Lipinski definition) is 13. The van der Waals surface area contributed by atoms with Gasteiger partial charge in [0.05, 0.1) is 16.0 Å². The number of carbonyl (C=O) groups is 3. The normalized spacial score (nSPS) is 18.3. The molecule has 0 bridgehead atoms. The molecule has 0 aliphatic carbocycles. The summed E-state index contributed by atoms with van der Waals surface area (Å²) < 4.78 is 54.0. The van der Waals surface area contributed by atoms with Gasteiger partial charge < -0.3 is 34.1 Å². The van der Waals surface area contributed by atoms with E-state index in [-0.39, 0.29) is 34.8 Å². The fourth-order valence-electron chi connectivity index (χ4n) is 4.33. The Morgan fingerprint density at radius 3 is 2.35 bits per heavy atom. The second-order valence-corrected chi connectivity index (χ2v) is 12.1. The number of aromatic nitrogens is 1. The number of nitrogens with zero attached hydrogens (tertiary/aromatic N) is 3. The third-order valence-corrected chi connectivity index (χ3v) is 8.41. The van der Waals surface area contributed by atoms with Crippen LogP contribution < -0.4 is 33.9 Å². The zero-order chi connectivity index (χ0) is 31.1. The summed E-state index contributed by atoms with van der Waals surface area (Å²) >= 11 is 5.67. The number of anilines is 1. The molecule has 0 unspecified atom stereocenters. The predicted molar refractivity (Wildman–Crippen MR) is 151 cm³/mol. The number of thiazole rings is 1. The Morgan fingerprint density at radius 2 is 1.67 bits per heavy atom. The van der Waals surface area contributed by atoms with Crippen molar-refractivity contribution in [2.75, 3.05) is 30.5 Å². The molecule has 228 valence electrons. The van der Waals surface area contributed by atoms with Gasteiger partial charge in [0.2, 0.25) is 18.4 Å². The molecular weight excluding hydrogens is 634 g/mol. The lowest BCUT2D eigenvalue weighted by Gasteiger charge is -2.18. The van der Waals surface area contributed by atoms with Gasteiger partial charge in [-0.05, 0) is 31.1 Å². The van der Waals surface area contributed by atoms with Crippen LogP contribution in [0.5, 0.6) is 17.2 Å². The summed E-state index contributed by atoms with van der Waals surface area (Å²) in [6.07, 6.45) is 3.25. The van der Waals surface area contributed by atoms with Crippen LogP contribution in [-0.4, -0.2) is 81.3 Å². The van der Waals surface area contributed by atoms with Crippen molar-refractivity contribution in [1.82, 2.24) is 9.47 Å². The van der Waals surface area contributed by atoms with Crippen LogP contribution in [0.2, 0.25) is 0 Å². The van der Waals surface area contributed by atoms with Crippen molar-refractivity contribution in [3.8, 4) is 17.2 Å². The number of carboxylic acid groups (broad SMARTS) is 2. The summed E-state index contributed by atoms with van der Waals surface area (Å²) in [6.45, 7) is -1.35. The number of amides is 1. The van der Waals surface area contributed by atoms with Crippen LogP contribution in [0.3, 0.4) is 0 Å². The van der Waals surface area contributed by atoms with Crippen LogP contribution in [0.15, 0.2) is 28.9 Å². The number of benzene rings is 1. The monoisotopic (exact) mass is 655 g/mol. The van der Waals surface area contributed by atoms with Crippen molar-refractivity contribution in [3.63, 3.8) is 0 Å². The number of thiocarbonyl (C=S) groups is 1. The summed E-state index contributed by atoms with van der Waals surface area (Å²) in [5.74, 6) is -3.09. The minimum absolute atomic E-state index is 0.0182. The molecule has 43 heavy (non-hydrogen) atoms. The first-order chi connectivity index (χ1) is 20.3. The minimum Gasteiger partial charge on any atom is -0.480 e. The van der Waals surface area contributed by atoms with Gasteiger partial charge in [-0.1, -0.05) is 0 Å². The third-order valence-electron chi connectivity index (χ3n) is 6.17. The molecule has 1 fully saturated rings. The van der Waals surface area contributed by atoms with E-state index in [0.717, 1.165) is 15.9 Å². The largest absolute Gasteiger partial charge is 0.480 e. The minimum atomic E-state index is -4.15. The van der Waals surface area contributed by atoms with Gasteiger partial charge in [-0.2, -0.15) is 8.42 Å². The standard InChI is InChI=1S/C24H21N3O13S3/c28-18(29)9-26-21(32)16(42-23(26)20-22(33)27(10-19(30)31)24(41)40-20)3-4-17-25(5-1-2-6-43(34,35)36)12-7-14-15(38-11-37-14)8-13(12)39-17/h3-4,7-8H,1-2,5-6,9-11H2,(H,28,29)(H,30,31)(H,34,35,36). The molecule has 5 rings (SSSR count). The molecule has 2 aromatic rings. The lowest BCUT2D eigenvalue weighted by atomic mass is 10.2. The zero-order valence-electron chi connectivity index (χ0n) is 21.7. The van der Waals surface area contributed by atoms with Crippen LogP contribution in [0, 0.1) is 0 Å². The van der Waals surface area contributed by atoms with Gasteiger partial charge in [0.15, 0.2) is 17.2 Å². The molecule has 16 nitrogen and oxygen atoms in total. The number of unbranched alkanes of at least 4 members (excludes halogenated alkanes) is 1. The molecule has 19 heteroatoms. The maximum Gasteiger partial charge on any atom is 0.323 e. The molecule has 1 aromatic heterocycles. The quantitative estimate of drug-likeness (QED) is 0.163. The second kappa shape index (κ2) is 11.7. The predicted octanol–water partition coefficient (Wildman–Crippen LogP) is -0.751. The van der Waals surface area contributed by atoms with Gasteiger partial charge in [-0.25, -0.2) is 0 Å². The van der Waals surface area contributed by atoms with E-state index < -0.39 is 63.3 Å². The number of carbonyl (C=O) groups excluding carboxylic acids is 1. The summed E-state index contributed by atoms with van der Waals surface area (Å²) in [5.41, 5.74) is -0.208. The van der Waals surface area contributed by atoms with Crippen LogP contribution in [-0.2, 0) is 35.8 Å². The van der Waals surface area contributed by atoms with Crippen LogP contribution in [0.25, 0.3) is 11.8 Å². The first-order valence-electron chi connectivity index (χ1n) is 12.3. The number of carboxylic acids is 2. The van der Waals surface area contributed by atoms with E-state index in [2.05, 4.69) is 0 Å². The molecule has 1 amide bonds. The Morgan fingerprint density at radius 1 is 0.977 bits per heavy atom. The molecule has 0 saturated carbocycles. The van der Waals surface area contributed by atoms with Gasteiger partial charge in [0.25, 0.3) is 20.9 Å². The summed E-state index contributed by atoms with van der Waals surface area (Å²) in [6, 6.07) is 3.29. The van der Waals surface area contributed by atoms with Crippen molar-refractivity contribution in [1.29, 1.82) is 0 Å². The average Bonchev–Trinajstić information content (AvgIpc) is 3.65. The topological polar surface area (TPSA) is 211 Å². The number of fused-ring (bicyclic) bond motifs is 2. The molecule has 0 spiro atoms. The Balaban J connectivity index is 1.55. The molecule has 3 aliphatic heterocycles. The molecule has 0 radical (unpaired) electrons. The van der Waals surface area contributed by atoms with E-state index in [1.165, 1.54) is 12.2 Å². The second-order valence-electron chi connectivity index (χ2n) is 9.13. The third kappa shape index (κ3) is 6.33. The van der Waals surface area contributed by atoms with Crippen molar-refractivity contribution >= 4 is 74.2 Å². The fourth-order valence-corrected chi connectivity index (χ4v) is 6.15. The van der Waals surface area contributed by atoms with Crippen molar-refractivity contribution in [2.45, 2.75) is 19.4 Å². The lowest BCUT2D eigenvalue weighted by molar-refractivity contribution is -0.140. The summed E-state index contributed by atoms with van der Waals surface area (Å²) in [4.78, 5) is 51.1. The molecular formula is C24H21N3O13S3. The molecule has 1 saturated heterocycles. The Labute approximate surface area is 250 Å². The number of rotatable bonds is 10. The number of ether oxygens (including phenoxy) is 4. The van der Waals surface area contributed by atoms with Gasteiger partial charge >= 0.3 is 17.8 Å². The maximum atomic E-state index is 13.2. The van der Waals surface area contributed by atoms with E-state index in [9.17, 15) is 32.7 Å². The van der Waals surface area contributed by atoms with E-state index in [1.54, 1.807) is 17.0 Å². The molecule has 4 heterocycles. The highest BCUT2D eigenvalue weighted by atomic mass is 32.2. The van der Waals surface area contributed by atoms with Crippen LogP contribution >= 0.6 is 23.6 Å². The Hall–Kier alpha value is -4.46. The van der Waals surface area contributed by atoms with Crippen molar-refractivity contribution < 1.29 is 56.5 Å². The SMILES string of the molecule is O=C(O)CN1C(=O)C(=c2sc(=CC=C3Oc4cc5c(cc4N3CCCCS(=O)(=O)O)OCO5)c(=O)n2CC(=O)O)OC1=S. The molecule has 0 atom stereocenters.